The van der Waals surface area contributed by atoms with Crippen molar-refractivity contribution in [3.05, 3.63) is 5.21 Å². The molecule has 1 fully saturated rings. The molecule has 0 aliphatic carbocycles. The summed E-state index contributed by atoms with van der Waals surface area (Å²) in [5.41, 5.74) is 0. The van der Waals surface area contributed by atoms with Crippen LogP contribution in [-0.4, -0.2) is 52.6 Å². The Labute approximate surface area is 93.6 Å². The zero-order chi connectivity index (χ0) is 11.5. The maximum atomic E-state index is 11.8. The van der Waals surface area contributed by atoms with E-state index in [2.05, 4.69) is 0 Å². The van der Waals surface area contributed by atoms with E-state index in [1.54, 1.807) is 11.8 Å². The van der Waals surface area contributed by atoms with Crippen molar-refractivity contribution >= 4 is 22.8 Å². The van der Waals surface area contributed by atoms with Crippen molar-refractivity contribution in [2.75, 3.05) is 32.1 Å². The van der Waals surface area contributed by atoms with Crippen molar-refractivity contribution in [2.24, 2.45) is 0 Å². The Hall–Kier alpha value is -0.590. The van der Waals surface area contributed by atoms with Crippen molar-refractivity contribution < 1.29 is 14.2 Å². The van der Waals surface area contributed by atoms with Crippen molar-refractivity contribution in [2.45, 2.75) is 13.8 Å². The third-order valence-corrected chi connectivity index (χ3v) is 3.40. The van der Waals surface area contributed by atoms with Crippen LogP contribution in [0.2, 0.25) is 0 Å². The monoisotopic (exact) mass is 232 g/mol. The molecule has 15 heavy (non-hydrogen) atoms. The van der Waals surface area contributed by atoms with Gasteiger partial charge >= 0.3 is 0 Å². The summed E-state index contributed by atoms with van der Waals surface area (Å²) in [4.78, 5) is 23.9. The largest absolute Gasteiger partial charge is 0.632 e. The molecule has 6 heteroatoms. The average Bonchev–Trinajstić information content (AvgIpc) is 2.16. The summed E-state index contributed by atoms with van der Waals surface area (Å²) in [5.74, 6) is 0.226. The number of quaternary nitrogens is 1. The second-order valence-electron chi connectivity index (χ2n) is 3.68. The van der Waals surface area contributed by atoms with Crippen LogP contribution >= 0.6 is 11.8 Å². The number of nitrogens with zero attached hydrogens (tertiary/aromatic N) is 2. The molecule has 1 heterocycles. The topological polar surface area (TPSA) is 60.4 Å². The van der Waals surface area contributed by atoms with Gasteiger partial charge in [-0.1, -0.05) is 11.8 Å². The molecule has 1 amide bonds. The Kier molecular flexibility index (Phi) is 4.12. The highest BCUT2D eigenvalue weighted by Crippen LogP contribution is 2.14. The summed E-state index contributed by atoms with van der Waals surface area (Å²) in [6.07, 6.45) is 0. The summed E-state index contributed by atoms with van der Waals surface area (Å²) in [7, 11) is 0. The molecule has 0 aromatic carbocycles. The summed E-state index contributed by atoms with van der Waals surface area (Å²) >= 11 is 1.11. The number of rotatable bonds is 3. The van der Waals surface area contributed by atoms with Gasteiger partial charge in [0.1, 0.15) is 0 Å². The summed E-state index contributed by atoms with van der Waals surface area (Å²) in [5, 5.41) is 11.8. The SMILES string of the molecule is CC[N+]1([O-])CCN(CSC(C)=O)C(=O)C1. The van der Waals surface area contributed by atoms with Crippen LogP contribution in [0.1, 0.15) is 13.8 Å². The lowest BCUT2D eigenvalue weighted by molar-refractivity contribution is -0.874. The molecule has 1 aliphatic rings. The third kappa shape index (κ3) is 3.48. The summed E-state index contributed by atoms with van der Waals surface area (Å²) in [6, 6.07) is 0. The van der Waals surface area contributed by atoms with Crippen LogP contribution in [0.25, 0.3) is 0 Å². The lowest BCUT2D eigenvalue weighted by Crippen LogP contribution is -2.58. The fourth-order valence-electron chi connectivity index (χ4n) is 1.43. The van der Waals surface area contributed by atoms with Crippen molar-refractivity contribution in [3.63, 3.8) is 0 Å². The van der Waals surface area contributed by atoms with E-state index in [-0.39, 0.29) is 17.6 Å². The van der Waals surface area contributed by atoms with Crippen LogP contribution in [0.5, 0.6) is 0 Å². The standard InChI is InChI=1S/C9H16N2O3S/c1-3-11(14)5-4-10(9(13)6-11)7-15-8(2)12/h3-7H2,1-2H3. The highest BCUT2D eigenvalue weighted by Gasteiger charge is 2.30. The van der Waals surface area contributed by atoms with E-state index in [1.165, 1.54) is 6.92 Å². The van der Waals surface area contributed by atoms with E-state index in [4.69, 9.17) is 0 Å². The first kappa shape index (κ1) is 12.5. The third-order valence-electron chi connectivity index (χ3n) is 2.55. The molecule has 1 atom stereocenters. The second-order valence-corrected chi connectivity index (χ2v) is 4.80. The van der Waals surface area contributed by atoms with Crippen LogP contribution in [0.4, 0.5) is 0 Å². The Morgan fingerprint density at radius 1 is 1.67 bits per heavy atom. The molecule has 0 spiro atoms. The van der Waals surface area contributed by atoms with Crippen molar-refractivity contribution in [1.82, 2.24) is 4.90 Å². The van der Waals surface area contributed by atoms with E-state index in [0.29, 0.717) is 25.5 Å². The molecule has 0 N–H and O–H groups in total. The zero-order valence-corrected chi connectivity index (χ0v) is 9.88. The molecular formula is C9H16N2O3S. The summed E-state index contributed by atoms with van der Waals surface area (Å²) < 4.78 is -0.430. The van der Waals surface area contributed by atoms with Gasteiger partial charge in [0.25, 0.3) is 5.91 Å². The highest BCUT2D eigenvalue weighted by molar-refractivity contribution is 8.13. The maximum absolute atomic E-state index is 11.8. The van der Waals surface area contributed by atoms with Gasteiger partial charge < -0.3 is 14.8 Å². The number of piperazine rings is 1. The van der Waals surface area contributed by atoms with Crippen LogP contribution in [0.3, 0.4) is 0 Å². The molecule has 86 valence electrons. The number of hydroxylamine groups is 3. The van der Waals surface area contributed by atoms with Gasteiger partial charge in [0.15, 0.2) is 11.7 Å². The van der Waals surface area contributed by atoms with Gasteiger partial charge in [-0.25, -0.2) is 0 Å². The molecular weight excluding hydrogens is 216 g/mol. The van der Waals surface area contributed by atoms with Gasteiger partial charge in [-0.05, 0) is 6.92 Å². The van der Waals surface area contributed by atoms with Gasteiger partial charge in [-0.2, -0.15) is 0 Å². The predicted octanol–water partition coefficient (Wildman–Crippen LogP) is 0.400. The molecule has 5 nitrogen and oxygen atoms in total. The second kappa shape index (κ2) is 4.96. The lowest BCUT2D eigenvalue weighted by Gasteiger charge is -2.46. The first-order valence-corrected chi connectivity index (χ1v) is 5.93. The lowest BCUT2D eigenvalue weighted by atomic mass is 10.3. The molecule has 0 saturated carbocycles. The molecule has 0 aromatic rings. The molecule has 1 saturated heterocycles. The number of hydrogen-bond donors (Lipinski definition) is 0. The number of likely N-dealkylation sites (N-methyl/N-ethyl adjacent to an activating group) is 1. The van der Waals surface area contributed by atoms with Crippen LogP contribution in [0, 0.1) is 5.21 Å². The van der Waals surface area contributed by atoms with Crippen molar-refractivity contribution in [1.29, 1.82) is 0 Å². The smallest absolute Gasteiger partial charge is 0.279 e. The minimum absolute atomic E-state index is 0.00765. The Morgan fingerprint density at radius 3 is 2.80 bits per heavy atom. The van der Waals surface area contributed by atoms with Gasteiger partial charge in [-0.3, -0.25) is 9.59 Å². The highest BCUT2D eigenvalue weighted by atomic mass is 32.2. The number of carbonyl (C=O) groups is 2. The molecule has 1 unspecified atom stereocenters. The number of amides is 1. The van der Waals surface area contributed by atoms with E-state index in [1.807, 2.05) is 0 Å². The van der Waals surface area contributed by atoms with Crippen molar-refractivity contribution in [3.8, 4) is 0 Å². The molecule has 1 aliphatic heterocycles. The molecule has 1 rings (SSSR count). The van der Waals surface area contributed by atoms with Gasteiger partial charge in [0.05, 0.1) is 25.5 Å². The van der Waals surface area contributed by atoms with Crippen LogP contribution < -0.4 is 0 Å². The molecule has 0 bridgehead atoms. The van der Waals surface area contributed by atoms with Gasteiger partial charge in [0.2, 0.25) is 0 Å². The Balaban J connectivity index is 2.46. The number of carbonyl (C=O) groups excluding carboxylic acids is 2. The normalized spacial score (nSPS) is 26.9. The Morgan fingerprint density at radius 2 is 2.33 bits per heavy atom. The van der Waals surface area contributed by atoms with E-state index in [0.717, 1.165) is 11.8 Å². The maximum Gasteiger partial charge on any atom is 0.279 e. The van der Waals surface area contributed by atoms with Crippen LogP contribution in [-0.2, 0) is 9.59 Å². The Bertz CT molecular complexity index is 272. The van der Waals surface area contributed by atoms with E-state index >= 15 is 0 Å². The number of hydrogen-bond acceptors (Lipinski definition) is 4. The average molecular weight is 232 g/mol. The van der Waals surface area contributed by atoms with E-state index in [9.17, 15) is 14.8 Å². The summed E-state index contributed by atoms with van der Waals surface area (Å²) in [6.45, 7) is 4.59. The van der Waals surface area contributed by atoms with Gasteiger partial charge in [-0.15, -0.1) is 0 Å². The number of thioether (sulfide) groups is 1. The van der Waals surface area contributed by atoms with Gasteiger partial charge in [0, 0.05) is 6.92 Å². The predicted molar refractivity (Wildman–Crippen MR) is 58.8 cm³/mol. The fourth-order valence-corrected chi connectivity index (χ4v) is 2.04. The quantitative estimate of drug-likeness (QED) is 0.522. The molecule has 0 radical (unpaired) electrons. The fraction of sp³-hybridized carbons (Fsp3) is 0.778. The zero-order valence-electron chi connectivity index (χ0n) is 9.06. The first-order chi connectivity index (χ1) is 6.97. The van der Waals surface area contributed by atoms with Crippen LogP contribution in [0.15, 0.2) is 0 Å². The minimum Gasteiger partial charge on any atom is -0.632 e. The first-order valence-electron chi connectivity index (χ1n) is 4.95. The minimum atomic E-state index is -0.430. The van der Waals surface area contributed by atoms with E-state index < -0.39 is 4.65 Å². The molecule has 0 aromatic heterocycles.